The molecule has 1 aliphatic rings. The molecule has 0 aromatic heterocycles. The fourth-order valence-corrected chi connectivity index (χ4v) is 2.84. The number of anilines is 1. The molecule has 100 valence electrons. The summed E-state index contributed by atoms with van der Waals surface area (Å²) < 4.78 is 13.5. The Kier molecular flexibility index (Phi) is 3.88. The summed E-state index contributed by atoms with van der Waals surface area (Å²) in [4.78, 5) is 4.32. The third-order valence-corrected chi connectivity index (χ3v) is 3.80. The summed E-state index contributed by atoms with van der Waals surface area (Å²) in [6.45, 7) is 1.69. The van der Waals surface area contributed by atoms with Crippen molar-refractivity contribution in [1.29, 1.82) is 0 Å². The van der Waals surface area contributed by atoms with Crippen LogP contribution < -0.4 is 10.6 Å². The Morgan fingerprint density at radius 1 is 1.44 bits per heavy atom. The Morgan fingerprint density at radius 3 is 2.72 bits per heavy atom. The number of hydrogen-bond acceptors (Lipinski definition) is 3. The number of halogens is 1. The molecule has 0 spiro atoms. The maximum absolute atomic E-state index is 13.5. The van der Waals surface area contributed by atoms with E-state index in [1.165, 1.54) is 6.07 Å². The molecule has 0 bridgehead atoms. The van der Waals surface area contributed by atoms with Gasteiger partial charge >= 0.3 is 0 Å². The van der Waals surface area contributed by atoms with Crippen molar-refractivity contribution in [2.75, 3.05) is 39.1 Å². The van der Waals surface area contributed by atoms with Crippen LogP contribution in [-0.2, 0) is 0 Å². The minimum Gasteiger partial charge on any atom is -0.377 e. The minimum absolute atomic E-state index is 0.166. The van der Waals surface area contributed by atoms with Gasteiger partial charge in [0, 0.05) is 32.4 Å². The molecule has 0 saturated carbocycles. The van der Waals surface area contributed by atoms with E-state index < -0.39 is 0 Å². The molecule has 4 heteroatoms. The van der Waals surface area contributed by atoms with Gasteiger partial charge in [0.05, 0.1) is 0 Å². The van der Waals surface area contributed by atoms with Crippen LogP contribution in [0, 0.1) is 11.7 Å². The van der Waals surface area contributed by atoms with Crippen molar-refractivity contribution in [2.45, 2.75) is 12.5 Å². The first-order chi connectivity index (χ1) is 8.52. The van der Waals surface area contributed by atoms with E-state index in [2.05, 4.69) is 11.9 Å². The second-order valence-corrected chi connectivity index (χ2v) is 5.39. The van der Waals surface area contributed by atoms with Crippen LogP contribution in [0.5, 0.6) is 0 Å². The van der Waals surface area contributed by atoms with Gasteiger partial charge in [0.2, 0.25) is 0 Å². The topological polar surface area (TPSA) is 32.5 Å². The summed E-state index contributed by atoms with van der Waals surface area (Å²) in [5.74, 6) is 0.346. The number of hydrogen-bond donors (Lipinski definition) is 1. The number of nitrogens with zero attached hydrogens (tertiary/aromatic N) is 2. The molecule has 3 nitrogen and oxygen atoms in total. The Bertz CT molecular complexity index is 420. The first-order valence-corrected chi connectivity index (χ1v) is 6.40. The first kappa shape index (κ1) is 13.3. The van der Waals surface area contributed by atoms with Crippen LogP contribution in [0.1, 0.15) is 18.0 Å². The van der Waals surface area contributed by atoms with E-state index >= 15 is 0 Å². The molecule has 0 aliphatic carbocycles. The quantitative estimate of drug-likeness (QED) is 0.890. The standard InChI is InChI=1S/C14H22FN3/c1-17(2)13-5-4-11(15)7-12(13)14-6-10(8-16)9-18(14)3/h4-5,7,10,14H,6,8-9,16H2,1-3H3. The third-order valence-electron chi connectivity index (χ3n) is 3.80. The highest BCUT2D eigenvalue weighted by Crippen LogP contribution is 2.38. The summed E-state index contributed by atoms with van der Waals surface area (Å²) >= 11 is 0. The van der Waals surface area contributed by atoms with Gasteiger partial charge in [-0.15, -0.1) is 0 Å². The molecule has 1 aliphatic heterocycles. The van der Waals surface area contributed by atoms with Crippen molar-refractivity contribution in [3.63, 3.8) is 0 Å². The molecule has 2 atom stereocenters. The zero-order valence-electron chi connectivity index (χ0n) is 11.4. The zero-order valence-corrected chi connectivity index (χ0v) is 11.4. The van der Waals surface area contributed by atoms with Crippen molar-refractivity contribution in [2.24, 2.45) is 11.7 Å². The summed E-state index contributed by atoms with van der Waals surface area (Å²) in [7, 11) is 6.07. The molecule has 0 radical (unpaired) electrons. The number of benzene rings is 1. The normalized spacial score (nSPS) is 24.5. The van der Waals surface area contributed by atoms with Gasteiger partial charge in [-0.05, 0) is 49.7 Å². The summed E-state index contributed by atoms with van der Waals surface area (Å²) in [6.07, 6.45) is 1.01. The molecule has 2 unspecified atom stereocenters. The van der Waals surface area contributed by atoms with Gasteiger partial charge in [-0.1, -0.05) is 0 Å². The highest BCUT2D eigenvalue weighted by molar-refractivity contribution is 5.54. The Morgan fingerprint density at radius 2 is 2.17 bits per heavy atom. The van der Waals surface area contributed by atoms with Crippen molar-refractivity contribution >= 4 is 5.69 Å². The van der Waals surface area contributed by atoms with Gasteiger partial charge < -0.3 is 10.6 Å². The van der Waals surface area contributed by atoms with Crippen LogP contribution >= 0.6 is 0 Å². The third kappa shape index (κ3) is 2.49. The van der Waals surface area contributed by atoms with Gasteiger partial charge in [-0.2, -0.15) is 0 Å². The average molecular weight is 251 g/mol. The van der Waals surface area contributed by atoms with Gasteiger partial charge in [-0.25, -0.2) is 4.39 Å². The molecule has 1 aromatic carbocycles. The summed E-state index contributed by atoms with van der Waals surface area (Å²) in [5.41, 5.74) is 7.91. The minimum atomic E-state index is -0.166. The summed E-state index contributed by atoms with van der Waals surface area (Å²) in [5, 5.41) is 0. The van der Waals surface area contributed by atoms with Crippen LogP contribution in [0.4, 0.5) is 10.1 Å². The monoisotopic (exact) mass is 251 g/mol. The van der Waals surface area contributed by atoms with E-state index in [0.29, 0.717) is 12.5 Å². The van der Waals surface area contributed by atoms with Gasteiger partial charge in [0.1, 0.15) is 5.82 Å². The maximum atomic E-state index is 13.5. The molecule has 1 saturated heterocycles. The van der Waals surface area contributed by atoms with Crippen LogP contribution in [-0.4, -0.2) is 39.1 Å². The molecule has 1 heterocycles. The SMILES string of the molecule is CN(C)c1ccc(F)cc1C1CC(CN)CN1C. The number of nitrogens with two attached hydrogens (primary N) is 1. The van der Waals surface area contributed by atoms with E-state index in [-0.39, 0.29) is 11.9 Å². The van der Waals surface area contributed by atoms with Crippen LogP contribution in [0.3, 0.4) is 0 Å². The lowest BCUT2D eigenvalue weighted by atomic mass is 9.98. The second kappa shape index (κ2) is 5.24. The maximum Gasteiger partial charge on any atom is 0.123 e. The smallest absolute Gasteiger partial charge is 0.123 e. The number of rotatable bonds is 3. The largest absolute Gasteiger partial charge is 0.377 e. The fourth-order valence-electron chi connectivity index (χ4n) is 2.84. The molecule has 2 N–H and O–H groups in total. The van der Waals surface area contributed by atoms with Crippen molar-refractivity contribution < 1.29 is 4.39 Å². The molecule has 0 amide bonds. The lowest BCUT2D eigenvalue weighted by Gasteiger charge is -2.25. The fraction of sp³-hybridized carbons (Fsp3) is 0.571. The van der Waals surface area contributed by atoms with E-state index in [4.69, 9.17) is 5.73 Å². The lowest BCUT2D eigenvalue weighted by Crippen LogP contribution is -2.22. The predicted octanol–water partition coefficient (Wildman–Crippen LogP) is 1.84. The molecule has 1 aromatic rings. The van der Waals surface area contributed by atoms with Crippen LogP contribution in [0.15, 0.2) is 18.2 Å². The molecule has 2 rings (SSSR count). The van der Waals surface area contributed by atoms with E-state index in [1.54, 1.807) is 6.07 Å². The Balaban J connectivity index is 2.35. The van der Waals surface area contributed by atoms with Crippen molar-refractivity contribution in [1.82, 2.24) is 4.90 Å². The van der Waals surface area contributed by atoms with Gasteiger partial charge in [0.25, 0.3) is 0 Å². The van der Waals surface area contributed by atoms with E-state index in [0.717, 1.165) is 24.2 Å². The van der Waals surface area contributed by atoms with Gasteiger partial charge in [0.15, 0.2) is 0 Å². The number of likely N-dealkylation sites (tertiary alicyclic amines) is 1. The highest BCUT2D eigenvalue weighted by atomic mass is 19.1. The zero-order chi connectivity index (χ0) is 13.3. The average Bonchev–Trinajstić information content (AvgIpc) is 2.70. The Hall–Kier alpha value is -1.13. The van der Waals surface area contributed by atoms with E-state index in [9.17, 15) is 4.39 Å². The second-order valence-electron chi connectivity index (χ2n) is 5.39. The predicted molar refractivity (Wildman–Crippen MR) is 73.3 cm³/mol. The Labute approximate surface area is 108 Å². The lowest BCUT2D eigenvalue weighted by molar-refractivity contribution is 0.313. The first-order valence-electron chi connectivity index (χ1n) is 6.40. The summed E-state index contributed by atoms with van der Waals surface area (Å²) in [6, 6.07) is 5.31. The molecule has 18 heavy (non-hydrogen) atoms. The molecular formula is C14H22FN3. The van der Waals surface area contributed by atoms with Gasteiger partial charge in [-0.3, -0.25) is 4.90 Å². The highest BCUT2D eigenvalue weighted by Gasteiger charge is 2.31. The van der Waals surface area contributed by atoms with E-state index in [1.807, 2.05) is 25.1 Å². The molecular weight excluding hydrogens is 229 g/mol. The van der Waals surface area contributed by atoms with Crippen molar-refractivity contribution in [3.05, 3.63) is 29.6 Å². The van der Waals surface area contributed by atoms with Crippen LogP contribution in [0.25, 0.3) is 0 Å². The van der Waals surface area contributed by atoms with Crippen molar-refractivity contribution in [3.8, 4) is 0 Å². The van der Waals surface area contributed by atoms with Crippen LogP contribution in [0.2, 0.25) is 0 Å². The molecule has 1 fully saturated rings.